The van der Waals surface area contributed by atoms with Gasteiger partial charge in [-0.2, -0.15) is 5.10 Å². The van der Waals surface area contributed by atoms with Gasteiger partial charge < -0.3 is 4.74 Å². The van der Waals surface area contributed by atoms with Crippen LogP contribution in [0.4, 0.5) is 5.13 Å². The Labute approximate surface area is 148 Å². The van der Waals surface area contributed by atoms with Gasteiger partial charge >= 0.3 is 0 Å². The number of nitrogens with zero attached hydrogens (tertiary/aromatic N) is 3. The van der Waals surface area contributed by atoms with E-state index in [1.54, 1.807) is 30.1 Å². The van der Waals surface area contributed by atoms with Gasteiger partial charge in [0.15, 0.2) is 5.13 Å². The minimum absolute atomic E-state index is 0.233. The number of methoxy groups -OCH3 is 1. The fourth-order valence-electron chi connectivity index (χ4n) is 2.11. The van der Waals surface area contributed by atoms with Crippen molar-refractivity contribution >= 4 is 34.0 Å². The molecule has 124 valence electrons. The predicted molar refractivity (Wildman–Crippen MR) is 95.0 cm³/mol. The predicted octanol–water partition coefficient (Wildman–Crippen LogP) is 3.94. The van der Waals surface area contributed by atoms with Gasteiger partial charge in [-0.05, 0) is 25.1 Å². The summed E-state index contributed by atoms with van der Waals surface area (Å²) in [5.74, 6) is 0.375. The van der Waals surface area contributed by atoms with E-state index in [0.717, 1.165) is 11.3 Å². The molecular formula is C16H15ClN4O2S. The number of ether oxygens (including phenoxy) is 1. The van der Waals surface area contributed by atoms with E-state index in [9.17, 15) is 4.79 Å². The summed E-state index contributed by atoms with van der Waals surface area (Å²) in [4.78, 5) is 16.6. The summed E-state index contributed by atoms with van der Waals surface area (Å²) in [7, 11) is 1.57. The SMILES string of the molecule is CCn1cc(C(=O)Nc2nc(-c3ccc(OC)c(Cl)c3)cs2)cn1. The molecule has 1 aromatic carbocycles. The molecule has 0 atom stereocenters. The first-order valence-corrected chi connectivity index (χ1v) is 8.49. The Hall–Kier alpha value is -2.38. The van der Waals surface area contributed by atoms with Crippen molar-refractivity contribution in [2.75, 3.05) is 12.4 Å². The number of carbonyl (C=O) groups is 1. The number of hydrogen-bond acceptors (Lipinski definition) is 5. The largest absolute Gasteiger partial charge is 0.495 e. The van der Waals surface area contributed by atoms with Crippen molar-refractivity contribution in [3.8, 4) is 17.0 Å². The maximum absolute atomic E-state index is 12.2. The Morgan fingerprint density at radius 3 is 2.96 bits per heavy atom. The van der Waals surface area contributed by atoms with Gasteiger partial charge in [-0.1, -0.05) is 11.6 Å². The molecule has 2 heterocycles. The van der Waals surface area contributed by atoms with Crippen molar-refractivity contribution in [3.05, 3.63) is 46.6 Å². The van der Waals surface area contributed by atoms with Crippen LogP contribution in [-0.4, -0.2) is 27.8 Å². The zero-order valence-corrected chi connectivity index (χ0v) is 14.7. The summed E-state index contributed by atoms with van der Waals surface area (Å²) in [6.45, 7) is 2.68. The summed E-state index contributed by atoms with van der Waals surface area (Å²) in [5, 5.41) is 9.77. The fraction of sp³-hybridized carbons (Fsp3) is 0.188. The second-order valence-electron chi connectivity index (χ2n) is 4.93. The maximum Gasteiger partial charge on any atom is 0.260 e. The van der Waals surface area contributed by atoms with E-state index in [1.165, 1.54) is 17.5 Å². The quantitative estimate of drug-likeness (QED) is 0.746. The van der Waals surface area contributed by atoms with E-state index in [4.69, 9.17) is 16.3 Å². The monoisotopic (exact) mass is 362 g/mol. The molecule has 6 nitrogen and oxygen atoms in total. The number of aromatic nitrogens is 3. The topological polar surface area (TPSA) is 69.0 Å². The number of hydrogen-bond donors (Lipinski definition) is 1. The number of rotatable bonds is 5. The molecule has 0 aliphatic heterocycles. The van der Waals surface area contributed by atoms with Crippen molar-refractivity contribution in [1.82, 2.24) is 14.8 Å². The number of halogens is 1. The van der Waals surface area contributed by atoms with E-state index < -0.39 is 0 Å². The van der Waals surface area contributed by atoms with Gasteiger partial charge in [0, 0.05) is 23.7 Å². The number of thiazole rings is 1. The molecule has 1 amide bonds. The Balaban J connectivity index is 1.75. The summed E-state index contributed by atoms with van der Waals surface area (Å²) >= 11 is 7.49. The van der Waals surface area contributed by atoms with Gasteiger partial charge in [-0.3, -0.25) is 14.8 Å². The number of carbonyl (C=O) groups excluding carboxylic acids is 1. The van der Waals surface area contributed by atoms with Crippen molar-refractivity contribution in [1.29, 1.82) is 0 Å². The van der Waals surface area contributed by atoms with Crippen molar-refractivity contribution in [3.63, 3.8) is 0 Å². The van der Waals surface area contributed by atoms with Gasteiger partial charge in [0.05, 0.1) is 29.6 Å². The summed E-state index contributed by atoms with van der Waals surface area (Å²) in [5.41, 5.74) is 2.10. The van der Waals surface area contributed by atoms with Gasteiger partial charge in [0.25, 0.3) is 5.91 Å². The standard InChI is InChI=1S/C16H15ClN4O2S/c1-3-21-8-11(7-18-21)15(22)20-16-19-13(9-24-16)10-4-5-14(23-2)12(17)6-10/h4-9H,3H2,1-2H3,(H,19,20,22). The van der Waals surface area contributed by atoms with Gasteiger partial charge in [0.1, 0.15) is 5.75 Å². The zero-order valence-electron chi connectivity index (χ0n) is 13.1. The Kier molecular flexibility index (Phi) is 4.82. The molecule has 2 aromatic heterocycles. The number of amides is 1. The Bertz CT molecular complexity index is 875. The third-order valence-electron chi connectivity index (χ3n) is 3.39. The van der Waals surface area contributed by atoms with E-state index in [-0.39, 0.29) is 5.91 Å². The average molecular weight is 363 g/mol. The zero-order chi connectivity index (χ0) is 17.1. The lowest BCUT2D eigenvalue weighted by Crippen LogP contribution is -2.10. The maximum atomic E-state index is 12.2. The van der Waals surface area contributed by atoms with Crippen LogP contribution in [0.1, 0.15) is 17.3 Å². The highest BCUT2D eigenvalue weighted by Gasteiger charge is 2.12. The lowest BCUT2D eigenvalue weighted by molar-refractivity contribution is 0.102. The molecule has 0 fully saturated rings. The first kappa shape index (κ1) is 16.5. The van der Waals surface area contributed by atoms with E-state index in [1.807, 2.05) is 18.4 Å². The number of anilines is 1. The Morgan fingerprint density at radius 1 is 1.46 bits per heavy atom. The highest BCUT2D eigenvalue weighted by molar-refractivity contribution is 7.14. The van der Waals surface area contributed by atoms with Crippen LogP contribution in [-0.2, 0) is 6.54 Å². The summed E-state index contributed by atoms with van der Waals surface area (Å²) in [6, 6.07) is 5.44. The molecule has 0 unspecified atom stereocenters. The van der Waals surface area contributed by atoms with Crippen molar-refractivity contribution < 1.29 is 9.53 Å². The lowest BCUT2D eigenvalue weighted by atomic mass is 10.2. The van der Waals surface area contributed by atoms with Gasteiger partial charge in [-0.15, -0.1) is 11.3 Å². The second kappa shape index (κ2) is 7.02. The molecule has 0 radical (unpaired) electrons. The molecule has 0 bridgehead atoms. The first-order chi connectivity index (χ1) is 11.6. The molecule has 24 heavy (non-hydrogen) atoms. The minimum atomic E-state index is -0.233. The first-order valence-electron chi connectivity index (χ1n) is 7.24. The highest BCUT2D eigenvalue weighted by atomic mass is 35.5. The number of benzene rings is 1. The second-order valence-corrected chi connectivity index (χ2v) is 6.19. The highest BCUT2D eigenvalue weighted by Crippen LogP contribution is 2.31. The van der Waals surface area contributed by atoms with Crippen molar-refractivity contribution in [2.45, 2.75) is 13.5 Å². The number of aryl methyl sites for hydroxylation is 1. The van der Waals surface area contributed by atoms with Crippen LogP contribution in [0, 0.1) is 0 Å². The molecule has 0 aliphatic carbocycles. The minimum Gasteiger partial charge on any atom is -0.495 e. The van der Waals surface area contributed by atoms with Crippen LogP contribution in [0.3, 0.4) is 0 Å². The Morgan fingerprint density at radius 2 is 2.29 bits per heavy atom. The fourth-order valence-corrected chi connectivity index (χ4v) is 3.08. The van der Waals surface area contributed by atoms with Crippen LogP contribution in [0.25, 0.3) is 11.3 Å². The molecule has 0 spiro atoms. The molecule has 0 saturated heterocycles. The number of nitrogens with one attached hydrogen (secondary N) is 1. The van der Waals surface area contributed by atoms with E-state index in [0.29, 0.717) is 28.0 Å². The molecule has 0 saturated carbocycles. The smallest absolute Gasteiger partial charge is 0.260 e. The van der Waals surface area contributed by atoms with Gasteiger partial charge in [0.2, 0.25) is 0 Å². The summed E-state index contributed by atoms with van der Waals surface area (Å²) < 4.78 is 6.84. The average Bonchev–Trinajstić information content (AvgIpc) is 3.24. The molecule has 1 N–H and O–H groups in total. The lowest BCUT2D eigenvalue weighted by Gasteiger charge is -2.04. The third-order valence-corrected chi connectivity index (χ3v) is 4.44. The molecule has 0 aliphatic rings. The van der Waals surface area contributed by atoms with Crippen LogP contribution in [0.2, 0.25) is 5.02 Å². The normalized spacial score (nSPS) is 10.6. The van der Waals surface area contributed by atoms with Crippen LogP contribution in [0.15, 0.2) is 36.0 Å². The van der Waals surface area contributed by atoms with Crippen LogP contribution in [0.5, 0.6) is 5.75 Å². The molecule has 8 heteroatoms. The molecule has 3 rings (SSSR count). The van der Waals surface area contributed by atoms with E-state index >= 15 is 0 Å². The van der Waals surface area contributed by atoms with Gasteiger partial charge in [-0.25, -0.2) is 4.98 Å². The van der Waals surface area contributed by atoms with Crippen LogP contribution >= 0.6 is 22.9 Å². The van der Waals surface area contributed by atoms with E-state index in [2.05, 4.69) is 15.4 Å². The third kappa shape index (κ3) is 3.42. The van der Waals surface area contributed by atoms with Crippen LogP contribution < -0.4 is 10.1 Å². The molecular weight excluding hydrogens is 348 g/mol. The van der Waals surface area contributed by atoms with Crippen molar-refractivity contribution in [2.24, 2.45) is 0 Å². The summed E-state index contributed by atoms with van der Waals surface area (Å²) in [6.07, 6.45) is 3.24. The molecule has 3 aromatic rings.